The predicted octanol–water partition coefficient (Wildman–Crippen LogP) is 3.51. The Morgan fingerprint density at radius 3 is 3.04 bits per heavy atom. The number of ether oxygens (including phenoxy) is 1. The van der Waals surface area contributed by atoms with Crippen LogP contribution in [0.1, 0.15) is 34.3 Å². The van der Waals surface area contributed by atoms with Crippen LogP contribution in [0.25, 0.3) is 0 Å². The van der Waals surface area contributed by atoms with E-state index in [0.717, 1.165) is 42.1 Å². The Hall–Kier alpha value is -1.95. The minimum Gasteiger partial charge on any atom is -0.383 e. The molecule has 2 aromatic rings. The number of rotatable bonds is 5. The molecular weight excluding hydrogens is 350 g/mol. The molecule has 5 nitrogen and oxygen atoms in total. The first-order valence-corrected chi connectivity index (χ1v) is 9.30. The van der Waals surface area contributed by atoms with Crippen LogP contribution in [0.4, 0.5) is 5.69 Å². The number of halogens is 1. The van der Waals surface area contributed by atoms with Crippen LogP contribution in [0, 0.1) is 0 Å². The molecule has 0 aliphatic carbocycles. The molecule has 0 N–H and O–H groups in total. The first kappa shape index (κ1) is 17.5. The number of carbonyl (C=O) groups is 1. The highest BCUT2D eigenvalue weighted by molar-refractivity contribution is 6.31. The van der Waals surface area contributed by atoms with Gasteiger partial charge in [-0.2, -0.15) is 0 Å². The summed E-state index contributed by atoms with van der Waals surface area (Å²) < 4.78 is 5.34. The Labute approximate surface area is 158 Å². The molecule has 6 heteroatoms. The fourth-order valence-electron chi connectivity index (χ4n) is 3.92. The average Bonchev–Trinajstić information content (AvgIpc) is 3.20. The number of nitrogens with zero attached hydrogens (tertiary/aromatic N) is 3. The first-order valence-electron chi connectivity index (χ1n) is 8.93. The highest BCUT2D eigenvalue weighted by Crippen LogP contribution is 2.30. The lowest BCUT2D eigenvalue weighted by atomic mass is 10.1. The second-order valence-electron chi connectivity index (χ2n) is 6.97. The van der Waals surface area contributed by atoms with Gasteiger partial charge >= 0.3 is 0 Å². The van der Waals surface area contributed by atoms with Crippen LogP contribution in [0.2, 0.25) is 5.02 Å². The van der Waals surface area contributed by atoms with Crippen molar-refractivity contribution in [1.82, 2.24) is 9.88 Å². The Bertz CT molecular complexity index is 826. The SMILES string of the molecule is COC[C@@H]1CCCN1Cc1cncc(N2Cc3cc(Cl)ccc3C2=O)c1. The molecule has 0 spiro atoms. The number of hydrogen-bond donors (Lipinski definition) is 0. The van der Waals surface area contributed by atoms with Gasteiger partial charge in [-0.05, 0) is 54.8 Å². The van der Waals surface area contributed by atoms with Crippen molar-refractivity contribution >= 4 is 23.2 Å². The summed E-state index contributed by atoms with van der Waals surface area (Å²) in [7, 11) is 1.75. The van der Waals surface area contributed by atoms with Gasteiger partial charge in [-0.1, -0.05) is 11.6 Å². The van der Waals surface area contributed by atoms with Gasteiger partial charge in [-0.15, -0.1) is 0 Å². The monoisotopic (exact) mass is 371 g/mol. The molecule has 2 aliphatic rings. The van der Waals surface area contributed by atoms with Crippen LogP contribution in [-0.4, -0.2) is 42.1 Å². The first-order chi connectivity index (χ1) is 12.7. The van der Waals surface area contributed by atoms with Crippen LogP contribution in [0.3, 0.4) is 0 Å². The van der Waals surface area contributed by atoms with E-state index >= 15 is 0 Å². The maximum atomic E-state index is 12.7. The topological polar surface area (TPSA) is 45.7 Å². The van der Waals surface area contributed by atoms with Crippen LogP contribution >= 0.6 is 11.6 Å². The van der Waals surface area contributed by atoms with Crippen LogP contribution < -0.4 is 4.90 Å². The van der Waals surface area contributed by atoms with Crippen molar-refractivity contribution in [2.45, 2.75) is 32.0 Å². The van der Waals surface area contributed by atoms with Gasteiger partial charge in [0.05, 0.1) is 25.0 Å². The fraction of sp³-hybridized carbons (Fsp3) is 0.400. The zero-order valence-electron chi connectivity index (χ0n) is 14.8. The van der Waals surface area contributed by atoms with Gasteiger partial charge in [0, 0.05) is 36.5 Å². The van der Waals surface area contributed by atoms with E-state index in [4.69, 9.17) is 16.3 Å². The van der Waals surface area contributed by atoms with Crippen molar-refractivity contribution in [1.29, 1.82) is 0 Å². The molecule has 1 aromatic carbocycles. The molecule has 0 bridgehead atoms. The number of benzene rings is 1. The highest BCUT2D eigenvalue weighted by Gasteiger charge is 2.29. The van der Waals surface area contributed by atoms with Crippen LogP contribution in [-0.2, 0) is 17.8 Å². The molecule has 0 unspecified atom stereocenters. The maximum absolute atomic E-state index is 12.7. The van der Waals surface area contributed by atoms with E-state index in [1.807, 2.05) is 12.3 Å². The third-order valence-electron chi connectivity index (χ3n) is 5.21. The predicted molar refractivity (Wildman–Crippen MR) is 102 cm³/mol. The summed E-state index contributed by atoms with van der Waals surface area (Å²) in [6, 6.07) is 7.96. The lowest BCUT2D eigenvalue weighted by molar-refractivity contribution is 0.0996. The molecule has 1 amide bonds. The number of likely N-dealkylation sites (tertiary alicyclic amines) is 1. The van der Waals surface area contributed by atoms with Crippen molar-refractivity contribution in [2.24, 2.45) is 0 Å². The van der Waals surface area contributed by atoms with Crippen molar-refractivity contribution in [3.8, 4) is 0 Å². The van der Waals surface area contributed by atoms with E-state index in [9.17, 15) is 4.79 Å². The fourth-order valence-corrected chi connectivity index (χ4v) is 4.12. The Balaban J connectivity index is 1.53. The third-order valence-corrected chi connectivity index (χ3v) is 5.44. The van der Waals surface area contributed by atoms with E-state index in [-0.39, 0.29) is 5.91 Å². The van der Waals surface area contributed by atoms with E-state index in [2.05, 4.69) is 16.0 Å². The standard InChI is InChI=1S/C20H22ClN3O2/c1-26-13-17-3-2-6-23(17)11-14-7-18(10-22-9-14)24-12-15-8-16(21)4-5-19(15)20(24)25/h4-5,7-10,17H,2-3,6,11-13H2,1H3/t17-/m0/s1. The smallest absolute Gasteiger partial charge is 0.258 e. The van der Waals surface area contributed by atoms with Gasteiger partial charge in [0.1, 0.15) is 0 Å². The molecule has 1 atom stereocenters. The molecule has 4 rings (SSSR count). The molecule has 0 radical (unpaired) electrons. The summed E-state index contributed by atoms with van der Waals surface area (Å²) in [4.78, 5) is 21.3. The summed E-state index contributed by atoms with van der Waals surface area (Å²) in [6.07, 6.45) is 6.01. The lowest BCUT2D eigenvalue weighted by Gasteiger charge is -2.24. The van der Waals surface area contributed by atoms with Crippen LogP contribution in [0.15, 0.2) is 36.7 Å². The number of fused-ring (bicyclic) bond motifs is 1. The summed E-state index contributed by atoms with van der Waals surface area (Å²) in [6.45, 7) is 3.20. The Morgan fingerprint density at radius 2 is 2.19 bits per heavy atom. The normalized spacial score (nSPS) is 20.0. The van der Waals surface area contributed by atoms with Gasteiger partial charge in [-0.25, -0.2) is 0 Å². The van der Waals surface area contributed by atoms with Gasteiger partial charge in [0.25, 0.3) is 5.91 Å². The van der Waals surface area contributed by atoms with Crippen molar-refractivity contribution in [2.75, 3.05) is 25.2 Å². The van der Waals surface area contributed by atoms with Crippen molar-refractivity contribution < 1.29 is 9.53 Å². The number of hydrogen-bond acceptors (Lipinski definition) is 4. The lowest BCUT2D eigenvalue weighted by Crippen LogP contribution is -2.32. The molecule has 3 heterocycles. The second-order valence-corrected chi connectivity index (χ2v) is 7.40. The van der Waals surface area contributed by atoms with E-state index < -0.39 is 0 Å². The minimum absolute atomic E-state index is 0.00838. The van der Waals surface area contributed by atoms with Crippen molar-refractivity contribution in [3.05, 3.63) is 58.4 Å². The number of methoxy groups -OCH3 is 1. The largest absolute Gasteiger partial charge is 0.383 e. The highest BCUT2D eigenvalue weighted by atomic mass is 35.5. The number of pyridine rings is 1. The Kier molecular flexibility index (Phi) is 4.94. The summed E-state index contributed by atoms with van der Waals surface area (Å²) in [5.41, 5.74) is 3.64. The average molecular weight is 372 g/mol. The van der Waals surface area contributed by atoms with E-state index in [1.54, 1.807) is 30.3 Å². The molecule has 1 aromatic heterocycles. The molecule has 1 saturated heterocycles. The third kappa shape index (κ3) is 3.34. The number of aromatic nitrogens is 1. The number of carbonyl (C=O) groups excluding carboxylic acids is 1. The summed E-state index contributed by atoms with van der Waals surface area (Å²) in [5.74, 6) is 0.00838. The molecule has 136 valence electrons. The minimum atomic E-state index is 0.00838. The summed E-state index contributed by atoms with van der Waals surface area (Å²) in [5, 5.41) is 0.656. The zero-order chi connectivity index (χ0) is 18.1. The van der Waals surface area contributed by atoms with Gasteiger partial charge in [-0.3, -0.25) is 14.7 Å². The van der Waals surface area contributed by atoms with Crippen LogP contribution in [0.5, 0.6) is 0 Å². The van der Waals surface area contributed by atoms with Gasteiger partial charge in [0.2, 0.25) is 0 Å². The molecular formula is C20H22ClN3O2. The van der Waals surface area contributed by atoms with E-state index in [1.165, 1.54) is 12.8 Å². The molecule has 26 heavy (non-hydrogen) atoms. The number of anilines is 1. The van der Waals surface area contributed by atoms with Gasteiger partial charge < -0.3 is 9.64 Å². The van der Waals surface area contributed by atoms with Crippen molar-refractivity contribution in [3.63, 3.8) is 0 Å². The summed E-state index contributed by atoms with van der Waals surface area (Å²) >= 11 is 6.07. The Morgan fingerprint density at radius 1 is 1.31 bits per heavy atom. The second kappa shape index (κ2) is 7.35. The molecule has 2 aliphatic heterocycles. The zero-order valence-corrected chi connectivity index (χ0v) is 15.6. The van der Waals surface area contributed by atoms with E-state index in [0.29, 0.717) is 17.6 Å². The van der Waals surface area contributed by atoms with Gasteiger partial charge in [0.15, 0.2) is 0 Å². The molecule has 0 saturated carbocycles. The quantitative estimate of drug-likeness (QED) is 0.806. The maximum Gasteiger partial charge on any atom is 0.258 e. The molecule has 1 fully saturated rings. The number of amides is 1.